The molecule has 80 valence electrons. The lowest BCUT2D eigenvalue weighted by Crippen LogP contribution is -2.11. The van der Waals surface area contributed by atoms with E-state index in [4.69, 9.17) is 0 Å². The molecule has 0 N–H and O–H groups in total. The minimum Gasteiger partial charge on any atom is -0.0925 e. The van der Waals surface area contributed by atoms with E-state index in [2.05, 4.69) is 43.6 Å². The van der Waals surface area contributed by atoms with Gasteiger partial charge in [-0.05, 0) is 30.6 Å². The van der Waals surface area contributed by atoms with Crippen LogP contribution in [0.3, 0.4) is 0 Å². The molecule has 0 aromatic carbocycles. The van der Waals surface area contributed by atoms with Crippen LogP contribution in [0.4, 0.5) is 0 Å². The molecule has 0 nitrogen and oxygen atoms in total. The third-order valence-corrected chi connectivity index (χ3v) is 3.76. The molecule has 0 saturated heterocycles. The van der Waals surface area contributed by atoms with Gasteiger partial charge in [-0.2, -0.15) is 0 Å². The summed E-state index contributed by atoms with van der Waals surface area (Å²) in [6.07, 6.45) is 5.48. The van der Waals surface area contributed by atoms with Crippen LogP contribution in [-0.2, 0) is 0 Å². The maximum atomic E-state index is 3.63. The van der Waals surface area contributed by atoms with Crippen molar-refractivity contribution in [1.82, 2.24) is 0 Å². The summed E-state index contributed by atoms with van der Waals surface area (Å²) >= 11 is 3.63. The van der Waals surface area contributed by atoms with E-state index in [0.717, 1.165) is 17.8 Å². The Hall–Kier alpha value is 0.480. The molecule has 0 rings (SSSR count). The molecule has 0 bridgehead atoms. The van der Waals surface area contributed by atoms with Crippen molar-refractivity contribution in [3.8, 4) is 0 Å². The first-order chi connectivity index (χ1) is 6.13. The number of hydrogen-bond donors (Lipinski definition) is 0. The van der Waals surface area contributed by atoms with E-state index in [1.54, 1.807) is 0 Å². The molecule has 0 saturated carbocycles. The van der Waals surface area contributed by atoms with Crippen molar-refractivity contribution in [2.24, 2.45) is 17.8 Å². The number of halogens is 1. The molecule has 13 heavy (non-hydrogen) atoms. The fraction of sp³-hybridized carbons (Fsp3) is 1.00. The van der Waals surface area contributed by atoms with Crippen molar-refractivity contribution in [2.45, 2.75) is 53.4 Å². The fourth-order valence-corrected chi connectivity index (χ4v) is 2.51. The topological polar surface area (TPSA) is 0 Å². The van der Waals surface area contributed by atoms with Gasteiger partial charge in [0.15, 0.2) is 0 Å². The van der Waals surface area contributed by atoms with Crippen LogP contribution in [0.1, 0.15) is 53.4 Å². The molecule has 0 heterocycles. The minimum absolute atomic E-state index is 0.844. The average molecular weight is 249 g/mol. The fourth-order valence-electron chi connectivity index (χ4n) is 1.98. The lowest BCUT2D eigenvalue weighted by Gasteiger charge is -2.21. The van der Waals surface area contributed by atoms with Crippen LogP contribution in [0, 0.1) is 17.8 Å². The normalized spacial score (nSPS) is 14.1. The Balaban J connectivity index is 3.80. The summed E-state index contributed by atoms with van der Waals surface area (Å²) in [5.74, 6) is 2.68. The van der Waals surface area contributed by atoms with E-state index >= 15 is 0 Å². The van der Waals surface area contributed by atoms with Gasteiger partial charge in [0.1, 0.15) is 0 Å². The highest BCUT2D eigenvalue weighted by Crippen LogP contribution is 2.25. The third kappa shape index (κ3) is 6.54. The van der Waals surface area contributed by atoms with E-state index < -0.39 is 0 Å². The summed E-state index contributed by atoms with van der Waals surface area (Å²) in [6.45, 7) is 9.27. The predicted octanol–water partition coefficient (Wildman–Crippen LogP) is 4.87. The van der Waals surface area contributed by atoms with Crippen LogP contribution >= 0.6 is 15.9 Å². The van der Waals surface area contributed by atoms with Gasteiger partial charge in [0, 0.05) is 5.33 Å². The van der Waals surface area contributed by atoms with Crippen LogP contribution in [0.5, 0.6) is 0 Å². The Bertz CT molecular complexity index is 106. The van der Waals surface area contributed by atoms with Crippen molar-refractivity contribution in [3.05, 3.63) is 0 Å². The van der Waals surface area contributed by atoms with Crippen LogP contribution in [-0.4, -0.2) is 5.33 Å². The molecule has 0 aromatic heterocycles. The monoisotopic (exact) mass is 248 g/mol. The molecule has 1 heteroatoms. The van der Waals surface area contributed by atoms with Crippen molar-refractivity contribution < 1.29 is 0 Å². The Morgan fingerprint density at radius 2 is 1.46 bits per heavy atom. The van der Waals surface area contributed by atoms with E-state index in [1.165, 1.54) is 31.0 Å². The molecular weight excluding hydrogens is 224 g/mol. The molecule has 1 unspecified atom stereocenters. The van der Waals surface area contributed by atoms with Gasteiger partial charge in [0.05, 0.1) is 0 Å². The smallest absolute Gasteiger partial charge is 0.00598 e. The van der Waals surface area contributed by atoms with Crippen molar-refractivity contribution in [2.75, 3.05) is 5.33 Å². The van der Waals surface area contributed by atoms with E-state index in [1.807, 2.05) is 0 Å². The first kappa shape index (κ1) is 13.5. The summed E-state index contributed by atoms with van der Waals surface area (Å²) in [7, 11) is 0. The molecule has 0 radical (unpaired) electrons. The lowest BCUT2D eigenvalue weighted by atomic mass is 9.87. The van der Waals surface area contributed by atoms with Crippen molar-refractivity contribution >= 4 is 15.9 Å². The molecule has 0 aliphatic rings. The van der Waals surface area contributed by atoms with Crippen molar-refractivity contribution in [3.63, 3.8) is 0 Å². The lowest BCUT2D eigenvalue weighted by molar-refractivity contribution is 0.333. The number of hydrogen-bond acceptors (Lipinski definition) is 0. The third-order valence-electron chi connectivity index (χ3n) is 2.84. The first-order valence-electron chi connectivity index (χ1n) is 5.69. The number of alkyl halides is 1. The molecule has 0 aliphatic carbocycles. The summed E-state index contributed by atoms with van der Waals surface area (Å²) in [4.78, 5) is 0. The highest BCUT2D eigenvalue weighted by Gasteiger charge is 2.14. The van der Waals surface area contributed by atoms with Crippen LogP contribution in [0.2, 0.25) is 0 Å². The molecule has 1 atom stereocenters. The van der Waals surface area contributed by atoms with Gasteiger partial charge < -0.3 is 0 Å². The Kier molecular flexibility index (Phi) is 8.13. The van der Waals surface area contributed by atoms with Gasteiger partial charge >= 0.3 is 0 Å². The van der Waals surface area contributed by atoms with E-state index in [9.17, 15) is 0 Å². The molecule has 0 fully saturated rings. The standard InChI is InChI=1S/C12H25Br/c1-5-11(6-2)8-12(9-13)7-10(3)4/h10-12H,5-9H2,1-4H3. The number of rotatable bonds is 7. The second kappa shape index (κ2) is 7.84. The highest BCUT2D eigenvalue weighted by molar-refractivity contribution is 9.09. The maximum Gasteiger partial charge on any atom is 0.00598 e. The predicted molar refractivity (Wildman–Crippen MR) is 65.4 cm³/mol. The zero-order valence-corrected chi connectivity index (χ0v) is 11.2. The largest absolute Gasteiger partial charge is 0.0925 e. The van der Waals surface area contributed by atoms with Crippen LogP contribution in [0.15, 0.2) is 0 Å². The molecule has 0 spiro atoms. The zero-order chi connectivity index (χ0) is 10.3. The van der Waals surface area contributed by atoms with Gasteiger partial charge in [-0.3, -0.25) is 0 Å². The quantitative estimate of drug-likeness (QED) is 0.565. The van der Waals surface area contributed by atoms with Crippen LogP contribution in [0.25, 0.3) is 0 Å². The van der Waals surface area contributed by atoms with Gasteiger partial charge in [-0.15, -0.1) is 0 Å². The average Bonchev–Trinajstić information content (AvgIpc) is 2.11. The Morgan fingerprint density at radius 1 is 0.923 bits per heavy atom. The second-order valence-corrected chi connectivity index (χ2v) is 5.22. The van der Waals surface area contributed by atoms with Gasteiger partial charge in [-0.25, -0.2) is 0 Å². The van der Waals surface area contributed by atoms with Gasteiger partial charge in [-0.1, -0.05) is 56.5 Å². The SMILES string of the molecule is CCC(CC)CC(CBr)CC(C)C. The van der Waals surface area contributed by atoms with Crippen LogP contribution < -0.4 is 0 Å². The summed E-state index contributed by atoms with van der Waals surface area (Å²) in [5, 5.41) is 1.18. The molecular formula is C12H25Br. The highest BCUT2D eigenvalue weighted by atomic mass is 79.9. The first-order valence-corrected chi connectivity index (χ1v) is 6.82. The summed E-state index contributed by atoms with van der Waals surface area (Å²) in [6, 6.07) is 0. The Labute approximate surface area is 92.6 Å². The molecule has 0 amide bonds. The second-order valence-electron chi connectivity index (χ2n) is 4.57. The van der Waals surface area contributed by atoms with Gasteiger partial charge in [0.25, 0.3) is 0 Å². The molecule has 0 aromatic rings. The zero-order valence-electron chi connectivity index (χ0n) is 9.65. The van der Waals surface area contributed by atoms with E-state index in [-0.39, 0.29) is 0 Å². The summed E-state index contributed by atoms with van der Waals surface area (Å²) < 4.78 is 0. The van der Waals surface area contributed by atoms with Crippen molar-refractivity contribution in [1.29, 1.82) is 0 Å². The minimum atomic E-state index is 0.844. The van der Waals surface area contributed by atoms with E-state index in [0.29, 0.717) is 0 Å². The maximum absolute atomic E-state index is 3.63. The molecule has 0 aliphatic heterocycles. The Morgan fingerprint density at radius 3 is 1.77 bits per heavy atom. The summed E-state index contributed by atoms with van der Waals surface area (Å²) in [5.41, 5.74) is 0. The van der Waals surface area contributed by atoms with Gasteiger partial charge in [0.2, 0.25) is 0 Å².